The number of hydrogen-bond acceptors (Lipinski definition) is 4. The minimum absolute atomic E-state index is 0.254. The van der Waals surface area contributed by atoms with Gasteiger partial charge in [0.05, 0.1) is 6.10 Å². The van der Waals surface area contributed by atoms with Gasteiger partial charge in [-0.2, -0.15) is 0 Å². The number of hydrogen-bond donors (Lipinski definition) is 2. The van der Waals surface area contributed by atoms with Gasteiger partial charge >= 0.3 is 6.09 Å². The quantitative estimate of drug-likeness (QED) is 0.711. The van der Waals surface area contributed by atoms with E-state index in [1.54, 1.807) is 0 Å². The molecule has 0 saturated heterocycles. The van der Waals surface area contributed by atoms with E-state index in [0.717, 1.165) is 11.3 Å². The number of alkyl carbamates (subject to hydrolysis) is 1. The van der Waals surface area contributed by atoms with Crippen LogP contribution in [0.4, 0.5) is 4.79 Å². The van der Waals surface area contributed by atoms with E-state index in [2.05, 4.69) is 11.9 Å². The zero-order chi connectivity index (χ0) is 20.0. The number of benzene rings is 1. The van der Waals surface area contributed by atoms with Crippen LogP contribution in [-0.2, 0) is 11.2 Å². The smallest absolute Gasteiger partial charge is 0.407 e. The molecule has 0 aromatic heterocycles. The number of carbonyl (C=O) groups is 1. The van der Waals surface area contributed by atoms with Gasteiger partial charge in [0, 0.05) is 6.04 Å². The average molecular weight is 363 g/mol. The molecule has 0 aliphatic rings. The molecular formula is C21H33NO4. The molecule has 5 heteroatoms. The molecule has 2 unspecified atom stereocenters. The van der Waals surface area contributed by atoms with Crippen LogP contribution in [0.1, 0.15) is 53.5 Å². The van der Waals surface area contributed by atoms with Gasteiger partial charge in [-0.05, 0) is 72.1 Å². The zero-order valence-corrected chi connectivity index (χ0v) is 16.8. The van der Waals surface area contributed by atoms with E-state index in [1.165, 1.54) is 6.08 Å². The number of carbonyl (C=O) groups excluding carboxylic acids is 1. The van der Waals surface area contributed by atoms with Gasteiger partial charge in [0.25, 0.3) is 0 Å². The topological polar surface area (TPSA) is 67.8 Å². The number of ether oxygens (including phenoxy) is 2. The minimum Gasteiger partial charge on any atom is -0.488 e. The van der Waals surface area contributed by atoms with Gasteiger partial charge in [0.1, 0.15) is 17.0 Å². The maximum atomic E-state index is 12.1. The van der Waals surface area contributed by atoms with E-state index in [-0.39, 0.29) is 11.6 Å². The van der Waals surface area contributed by atoms with Crippen LogP contribution in [0.25, 0.3) is 0 Å². The van der Waals surface area contributed by atoms with Crippen molar-refractivity contribution >= 4 is 6.09 Å². The molecule has 0 radical (unpaired) electrons. The van der Waals surface area contributed by atoms with Crippen molar-refractivity contribution in [3.8, 4) is 5.75 Å². The van der Waals surface area contributed by atoms with Gasteiger partial charge in [0.15, 0.2) is 0 Å². The van der Waals surface area contributed by atoms with Crippen LogP contribution in [0.5, 0.6) is 5.75 Å². The second-order valence-electron chi connectivity index (χ2n) is 8.44. The maximum absolute atomic E-state index is 12.1. The SMILES string of the molecule is C=CC(O)CC(Cc1ccc(OC(C)(C)C)cc1)NC(=O)OC(C)(C)C. The Morgan fingerprint density at radius 1 is 1.15 bits per heavy atom. The Hall–Kier alpha value is -2.01. The molecule has 2 atom stereocenters. The van der Waals surface area contributed by atoms with Crippen molar-refractivity contribution in [2.24, 2.45) is 0 Å². The van der Waals surface area contributed by atoms with Gasteiger partial charge in [-0.25, -0.2) is 4.79 Å². The summed E-state index contributed by atoms with van der Waals surface area (Å²) in [5.41, 5.74) is 0.206. The summed E-state index contributed by atoms with van der Waals surface area (Å²) in [4.78, 5) is 12.1. The van der Waals surface area contributed by atoms with Gasteiger partial charge in [-0.3, -0.25) is 0 Å². The lowest BCUT2D eigenvalue weighted by molar-refractivity contribution is 0.0491. The fraction of sp³-hybridized carbons (Fsp3) is 0.571. The molecule has 0 fully saturated rings. The summed E-state index contributed by atoms with van der Waals surface area (Å²) in [5.74, 6) is 0.795. The third-order valence-corrected chi connectivity index (χ3v) is 3.35. The predicted octanol–water partition coefficient (Wildman–Crippen LogP) is 4.24. The molecule has 0 spiro atoms. The summed E-state index contributed by atoms with van der Waals surface area (Å²) >= 11 is 0. The second-order valence-corrected chi connectivity index (χ2v) is 8.44. The molecule has 26 heavy (non-hydrogen) atoms. The predicted molar refractivity (Wildman–Crippen MR) is 105 cm³/mol. The highest BCUT2D eigenvalue weighted by Crippen LogP contribution is 2.20. The first-order chi connectivity index (χ1) is 11.9. The summed E-state index contributed by atoms with van der Waals surface area (Å²) in [6.45, 7) is 15.0. The summed E-state index contributed by atoms with van der Waals surface area (Å²) < 4.78 is 11.1. The van der Waals surface area contributed by atoms with Crippen molar-refractivity contribution in [2.75, 3.05) is 0 Å². The van der Waals surface area contributed by atoms with Gasteiger partial charge in [-0.1, -0.05) is 18.2 Å². The number of rotatable bonds is 7. The fourth-order valence-electron chi connectivity index (χ4n) is 2.39. The zero-order valence-electron chi connectivity index (χ0n) is 16.8. The molecule has 5 nitrogen and oxygen atoms in total. The first-order valence-corrected chi connectivity index (χ1v) is 8.96. The molecule has 1 aromatic rings. The molecule has 0 bridgehead atoms. The Labute approximate surface area is 157 Å². The Morgan fingerprint density at radius 3 is 2.19 bits per heavy atom. The Balaban J connectivity index is 2.78. The standard InChI is InChI=1S/C21H33NO4/c1-8-17(23)14-16(22-19(24)26-21(5,6)7)13-15-9-11-18(12-10-15)25-20(2,3)4/h8-12,16-17,23H,1,13-14H2,2-7H3,(H,22,24). The highest BCUT2D eigenvalue weighted by Gasteiger charge is 2.21. The Morgan fingerprint density at radius 2 is 1.73 bits per heavy atom. The Bertz CT molecular complexity index is 582. The largest absolute Gasteiger partial charge is 0.488 e. The van der Waals surface area contributed by atoms with Gasteiger partial charge < -0.3 is 19.9 Å². The van der Waals surface area contributed by atoms with Crippen molar-refractivity contribution in [3.05, 3.63) is 42.5 Å². The molecular weight excluding hydrogens is 330 g/mol. The maximum Gasteiger partial charge on any atom is 0.407 e. The molecule has 146 valence electrons. The van der Waals surface area contributed by atoms with Gasteiger partial charge in [0.2, 0.25) is 0 Å². The van der Waals surface area contributed by atoms with Crippen LogP contribution >= 0.6 is 0 Å². The second kappa shape index (κ2) is 9.08. The minimum atomic E-state index is -0.696. The van der Waals surface area contributed by atoms with Crippen LogP contribution in [0.3, 0.4) is 0 Å². The van der Waals surface area contributed by atoms with Crippen molar-refractivity contribution in [1.29, 1.82) is 0 Å². The van der Waals surface area contributed by atoms with E-state index >= 15 is 0 Å². The third-order valence-electron chi connectivity index (χ3n) is 3.35. The lowest BCUT2D eigenvalue weighted by atomic mass is 10.0. The first-order valence-electron chi connectivity index (χ1n) is 8.96. The van der Waals surface area contributed by atoms with Crippen LogP contribution < -0.4 is 10.1 Å². The van der Waals surface area contributed by atoms with Crippen LogP contribution in [0, 0.1) is 0 Å². The lowest BCUT2D eigenvalue weighted by Gasteiger charge is -2.25. The van der Waals surface area contributed by atoms with E-state index in [1.807, 2.05) is 65.8 Å². The molecule has 1 aromatic carbocycles. The lowest BCUT2D eigenvalue weighted by Crippen LogP contribution is -2.41. The van der Waals surface area contributed by atoms with Crippen molar-refractivity contribution in [3.63, 3.8) is 0 Å². The number of nitrogens with one attached hydrogen (secondary N) is 1. The summed E-state index contributed by atoms with van der Waals surface area (Å²) in [6.07, 6.45) is 1.21. The third kappa shape index (κ3) is 9.47. The number of aliphatic hydroxyl groups excluding tert-OH is 1. The molecule has 0 saturated carbocycles. The summed E-state index contributed by atoms with van der Waals surface area (Å²) in [7, 11) is 0. The van der Waals surface area contributed by atoms with Crippen molar-refractivity contribution in [2.45, 2.75) is 77.7 Å². The fourth-order valence-corrected chi connectivity index (χ4v) is 2.39. The van der Waals surface area contributed by atoms with Crippen LogP contribution in [-0.4, -0.2) is 34.5 Å². The highest BCUT2D eigenvalue weighted by molar-refractivity contribution is 5.68. The van der Waals surface area contributed by atoms with Crippen LogP contribution in [0.15, 0.2) is 36.9 Å². The molecule has 1 amide bonds. The van der Waals surface area contributed by atoms with Crippen molar-refractivity contribution in [1.82, 2.24) is 5.32 Å². The first kappa shape index (κ1) is 22.0. The molecule has 1 rings (SSSR count). The van der Waals surface area contributed by atoms with E-state index in [0.29, 0.717) is 12.8 Å². The van der Waals surface area contributed by atoms with E-state index in [9.17, 15) is 9.90 Å². The molecule has 0 aliphatic heterocycles. The van der Waals surface area contributed by atoms with Gasteiger partial charge in [-0.15, -0.1) is 6.58 Å². The normalized spacial score (nSPS) is 14.3. The monoisotopic (exact) mass is 363 g/mol. The summed E-state index contributed by atoms with van der Waals surface area (Å²) in [6, 6.07) is 7.48. The Kier molecular flexibility index (Phi) is 7.69. The number of aliphatic hydroxyl groups is 1. The number of amides is 1. The molecule has 0 aliphatic carbocycles. The summed E-state index contributed by atoms with van der Waals surface area (Å²) in [5, 5.41) is 12.7. The molecule has 0 heterocycles. The molecule has 2 N–H and O–H groups in total. The highest BCUT2D eigenvalue weighted by atomic mass is 16.6. The average Bonchev–Trinajstić information content (AvgIpc) is 2.45. The van der Waals surface area contributed by atoms with Crippen molar-refractivity contribution < 1.29 is 19.4 Å². The van der Waals surface area contributed by atoms with E-state index in [4.69, 9.17) is 9.47 Å². The van der Waals surface area contributed by atoms with E-state index < -0.39 is 17.8 Å². The van der Waals surface area contributed by atoms with Crippen LogP contribution in [0.2, 0.25) is 0 Å².